The van der Waals surface area contributed by atoms with Crippen LogP contribution in [0.4, 0.5) is 15.8 Å². The third-order valence-corrected chi connectivity index (χ3v) is 2.25. The minimum atomic E-state index is -0.618. The first kappa shape index (κ1) is 13.4. The van der Waals surface area contributed by atoms with Crippen LogP contribution in [0.1, 0.15) is 6.92 Å². The number of nitro groups is 1. The minimum Gasteiger partial charge on any atom is -0.384 e. The van der Waals surface area contributed by atoms with Gasteiger partial charge in [-0.15, -0.1) is 0 Å². The van der Waals surface area contributed by atoms with Crippen molar-refractivity contribution in [2.75, 3.05) is 25.6 Å². The summed E-state index contributed by atoms with van der Waals surface area (Å²) in [5.41, 5.74) is 0.0639. The lowest BCUT2D eigenvalue weighted by atomic mass is 10.2. The molecule has 17 heavy (non-hydrogen) atoms. The Balaban J connectivity index is 2.73. The van der Waals surface area contributed by atoms with Gasteiger partial charge < -0.3 is 10.1 Å². The summed E-state index contributed by atoms with van der Waals surface area (Å²) in [6.07, 6.45) is 0. The van der Waals surface area contributed by atoms with E-state index in [0.29, 0.717) is 18.8 Å². The smallest absolute Gasteiger partial charge is 0.295 e. The molecule has 0 radical (unpaired) electrons. The summed E-state index contributed by atoms with van der Waals surface area (Å²) >= 11 is 0. The summed E-state index contributed by atoms with van der Waals surface area (Å²) in [6.45, 7) is 3.04. The third-order valence-electron chi connectivity index (χ3n) is 2.25. The molecule has 0 aromatic heterocycles. The van der Waals surface area contributed by atoms with Crippen molar-refractivity contribution in [3.05, 3.63) is 34.1 Å². The van der Waals surface area contributed by atoms with Crippen LogP contribution < -0.4 is 5.32 Å². The molecular weight excluding hydrogens is 227 g/mol. The third kappa shape index (κ3) is 3.99. The Bertz CT molecular complexity index is 398. The van der Waals surface area contributed by atoms with Gasteiger partial charge in [0.2, 0.25) is 0 Å². The second kappa shape index (κ2) is 6.15. The average Bonchev–Trinajstić information content (AvgIpc) is 2.27. The van der Waals surface area contributed by atoms with Crippen LogP contribution in [0.25, 0.3) is 0 Å². The Morgan fingerprint density at radius 3 is 2.88 bits per heavy atom. The number of anilines is 1. The number of rotatable bonds is 6. The molecule has 0 aliphatic carbocycles. The van der Waals surface area contributed by atoms with Crippen molar-refractivity contribution in [1.82, 2.24) is 0 Å². The zero-order chi connectivity index (χ0) is 12.8. The highest BCUT2D eigenvalue weighted by atomic mass is 19.1. The van der Waals surface area contributed by atoms with Crippen molar-refractivity contribution in [3.63, 3.8) is 0 Å². The Labute approximate surface area is 98.7 Å². The maximum absolute atomic E-state index is 12.9. The number of nitro benzene ring substituents is 1. The van der Waals surface area contributed by atoms with E-state index in [1.807, 2.05) is 6.92 Å². The van der Waals surface area contributed by atoms with Gasteiger partial charge in [0.15, 0.2) is 0 Å². The molecule has 0 aliphatic rings. The summed E-state index contributed by atoms with van der Waals surface area (Å²) < 4.78 is 17.8. The molecule has 94 valence electrons. The van der Waals surface area contributed by atoms with E-state index in [-0.39, 0.29) is 11.6 Å². The summed E-state index contributed by atoms with van der Waals surface area (Å²) in [5, 5.41) is 13.6. The second-order valence-electron chi connectivity index (χ2n) is 3.86. The Kier molecular flexibility index (Phi) is 4.84. The van der Waals surface area contributed by atoms with Crippen LogP contribution in [0.5, 0.6) is 0 Å². The quantitative estimate of drug-likeness (QED) is 0.614. The van der Waals surface area contributed by atoms with Crippen molar-refractivity contribution < 1.29 is 14.1 Å². The number of ether oxygens (including phenoxy) is 1. The van der Waals surface area contributed by atoms with E-state index in [9.17, 15) is 14.5 Å². The van der Waals surface area contributed by atoms with E-state index in [1.165, 1.54) is 12.1 Å². The van der Waals surface area contributed by atoms with Gasteiger partial charge in [-0.05, 0) is 18.1 Å². The molecule has 1 unspecified atom stereocenters. The van der Waals surface area contributed by atoms with E-state index in [4.69, 9.17) is 4.74 Å². The van der Waals surface area contributed by atoms with Crippen LogP contribution in [0.2, 0.25) is 0 Å². The standard InChI is InChI=1S/C11H15FN2O3/c1-8(7-17-2)6-13-10-4-3-9(12)5-11(10)14(15)16/h3-5,8,13H,6-7H2,1-2H3. The van der Waals surface area contributed by atoms with Gasteiger partial charge in [0.1, 0.15) is 11.5 Å². The van der Waals surface area contributed by atoms with Gasteiger partial charge >= 0.3 is 0 Å². The fourth-order valence-corrected chi connectivity index (χ4v) is 1.43. The van der Waals surface area contributed by atoms with Crippen molar-refractivity contribution in [2.45, 2.75) is 6.92 Å². The van der Waals surface area contributed by atoms with Crippen LogP contribution in [0, 0.1) is 21.8 Å². The summed E-state index contributed by atoms with van der Waals surface area (Å²) in [5.74, 6) is -0.406. The van der Waals surface area contributed by atoms with Crippen LogP contribution in [0.3, 0.4) is 0 Å². The van der Waals surface area contributed by atoms with Gasteiger partial charge in [0.25, 0.3) is 5.69 Å². The highest BCUT2D eigenvalue weighted by molar-refractivity contribution is 5.61. The molecule has 0 amide bonds. The number of methoxy groups -OCH3 is 1. The van der Waals surface area contributed by atoms with Crippen LogP contribution in [-0.4, -0.2) is 25.2 Å². The van der Waals surface area contributed by atoms with Crippen LogP contribution in [-0.2, 0) is 4.74 Å². The zero-order valence-corrected chi connectivity index (χ0v) is 9.77. The van der Waals surface area contributed by atoms with Gasteiger partial charge in [0, 0.05) is 13.7 Å². The molecule has 1 rings (SSSR count). The predicted molar refractivity (Wildman–Crippen MR) is 62.6 cm³/mol. The first-order valence-electron chi connectivity index (χ1n) is 5.21. The van der Waals surface area contributed by atoms with Gasteiger partial charge in [0.05, 0.1) is 17.6 Å². The topological polar surface area (TPSA) is 64.4 Å². The fraction of sp³-hybridized carbons (Fsp3) is 0.455. The second-order valence-corrected chi connectivity index (χ2v) is 3.86. The van der Waals surface area contributed by atoms with E-state index in [1.54, 1.807) is 7.11 Å². The SMILES string of the molecule is COCC(C)CNc1ccc(F)cc1[N+](=O)[O-]. The number of nitrogens with zero attached hydrogens (tertiary/aromatic N) is 1. The van der Waals surface area contributed by atoms with Crippen molar-refractivity contribution >= 4 is 11.4 Å². The highest BCUT2D eigenvalue weighted by Crippen LogP contribution is 2.25. The lowest BCUT2D eigenvalue weighted by molar-refractivity contribution is -0.384. The largest absolute Gasteiger partial charge is 0.384 e. The molecule has 0 spiro atoms. The number of nitrogens with one attached hydrogen (secondary N) is 1. The molecule has 0 aliphatic heterocycles. The van der Waals surface area contributed by atoms with Crippen LogP contribution >= 0.6 is 0 Å². The van der Waals surface area contributed by atoms with E-state index >= 15 is 0 Å². The molecule has 0 bridgehead atoms. The molecule has 0 heterocycles. The molecule has 1 N–H and O–H groups in total. The number of hydrogen-bond acceptors (Lipinski definition) is 4. The van der Waals surface area contributed by atoms with Crippen molar-refractivity contribution in [2.24, 2.45) is 5.92 Å². The van der Waals surface area contributed by atoms with E-state index in [0.717, 1.165) is 6.07 Å². The molecule has 0 fully saturated rings. The highest BCUT2D eigenvalue weighted by Gasteiger charge is 2.15. The molecule has 0 saturated carbocycles. The van der Waals surface area contributed by atoms with Crippen molar-refractivity contribution in [1.29, 1.82) is 0 Å². The summed E-state index contributed by atoms with van der Waals surface area (Å²) in [7, 11) is 1.59. The summed E-state index contributed by atoms with van der Waals surface area (Å²) in [6, 6.07) is 3.46. The Morgan fingerprint density at radius 1 is 1.59 bits per heavy atom. The molecular formula is C11H15FN2O3. The fourth-order valence-electron chi connectivity index (χ4n) is 1.43. The molecule has 1 aromatic rings. The lowest BCUT2D eigenvalue weighted by Crippen LogP contribution is -2.16. The monoisotopic (exact) mass is 242 g/mol. The molecule has 6 heteroatoms. The predicted octanol–water partition coefficient (Wildman–Crippen LogP) is 2.43. The molecule has 5 nitrogen and oxygen atoms in total. The number of benzene rings is 1. The van der Waals surface area contributed by atoms with E-state index in [2.05, 4.69) is 5.32 Å². The van der Waals surface area contributed by atoms with Gasteiger partial charge in [-0.25, -0.2) is 4.39 Å². The minimum absolute atomic E-state index is 0.213. The Hall–Kier alpha value is -1.69. The normalized spacial score (nSPS) is 12.2. The first-order chi connectivity index (χ1) is 8.04. The number of halogens is 1. The Morgan fingerprint density at radius 2 is 2.29 bits per heavy atom. The number of hydrogen-bond donors (Lipinski definition) is 1. The molecule has 1 atom stereocenters. The maximum Gasteiger partial charge on any atom is 0.295 e. The van der Waals surface area contributed by atoms with E-state index < -0.39 is 10.7 Å². The van der Waals surface area contributed by atoms with Crippen LogP contribution in [0.15, 0.2) is 18.2 Å². The lowest BCUT2D eigenvalue weighted by Gasteiger charge is -2.12. The van der Waals surface area contributed by atoms with Crippen molar-refractivity contribution in [3.8, 4) is 0 Å². The van der Waals surface area contributed by atoms with Gasteiger partial charge in [-0.2, -0.15) is 0 Å². The van der Waals surface area contributed by atoms with Gasteiger partial charge in [-0.1, -0.05) is 6.92 Å². The molecule has 1 aromatic carbocycles. The van der Waals surface area contributed by atoms with Gasteiger partial charge in [-0.3, -0.25) is 10.1 Å². The zero-order valence-electron chi connectivity index (χ0n) is 9.77. The average molecular weight is 242 g/mol. The molecule has 0 saturated heterocycles. The first-order valence-corrected chi connectivity index (χ1v) is 5.21. The maximum atomic E-state index is 12.9. The summed E-state index contributed by atoms with van der Waals surface area (Å²) in [4.78, 5) is 10.1.